The van der Waals surface area contributed by atoms with E-state index >= 15 is 0 Å². The predicted molar refractivity (Wildman–Crippen MR) is 126 cm³/mol. The number of nitrogens with zero attached hydrogens (tertiary/aromatic N) is 5. The standard InChI is InChI=1S/C23H27FN6O3S/c24-19-5-1-2-6-20(19)28-10-12-29(13-11-28)22(31)17-27-8-14-30(15-9-27)34(32,33)21-16-26-23-18(21)4-3-7-25-23/h1-7,16H,8-15,17H2,(H,25,26). The van der Waals surface area contributed by atoms with Crippen molar-refractivity contribution in [3.05, 3.63) is 54.6 Å². The highest BCUT2D eigenvalue weighted by Crippen LogP contribution is 2.25. The maximum atomic E-state index is 14.0. The monoisotopic (exact) mass is 486 g/mol. The van der Waals surface area contributed by atoms with Crippen LogP contribution >= 0.6 is 0 Å². The van der Waals surface area contributed by atoms with Gasteiger partial charge in [-0.3, -0.25) is 9.69 Å². The van der Waals surface area contributed by atoms with Crippen LogP contribution in [0.25, 0.3) is 11.0 Å². The van der Waals surface area contributed by atoms with E-state index in [1.807, 2.05) is 15.9 Å². The van der Waals surface area contributed by atoms with Crippen molar-refractivity contribution >= 4 is 32.7 Å². The maximum Gasteiger partial charge on any atom is 0.245 e. The van der Waals surface area contributed by atoms with Gasteiger partial charge in [-0.25, -0.2) is 17.8 Å². The number of piperazine rings is 2. The van der Waals surface area contributed by atoms with E-state index in [4.69, 9.17) is 0 Å². The summed E-state index contributed by atoms with van der Waals surface area (Å²) >= 11 is 0. The van der Waals surface area contributed by atoms with Gasteiger partial charge in [-0.2, -0.15) is 4.31 Å². The van der Waals surface area contributed by atoms with Crippen molar-refractivity contribution < 1.29 is 17.6 Å². The van der Waals surface area contributed by atoms with Crippen LogP contribution in [0.2, 0.25) is 0 Å². The Labute approximate surface area is 197 Å². The maximum absolute atomic E-state index is 14.0. The van der Waals surface area contributed by atoms with E-state index in [-0.39, 0.29) is 23.2 Å². The fraction of sp³-hybridized carbons (Fsp3) is 0.391. The fourth-order valence-corrected chi connectivity index (χ4v) is 6.18. The van der Waals surface area contributed by atoms with Crippen LogP contribution in [-0.2, 0) is 14.8 Å². The first-order valence-electron chi connectivity index (χ1n) is 11.4. The number of halogens is 1. The molecule has 34 heavy (non-hydrogen) atoms. The molecule has 0 unspecified atom stereocenters. The van der Waals surface area contributed by atoms with Crippen LogP contribution in [0.15, 0.2) is 53.7 Å². The molecule has 2 fully saturated rings. The number of fused-ring (bicyclic) bond motifs is 1. The Morgan fingerprint density at radius 2 is 1.71 bits per heavy atom. The number of para-hydroxylation sites is 1. The molecule has 0 bridgehead atoms. The molecule has 0 saturated carbocycles. The molecule has 11 heteroatoms. The van der Waals surface area contributed by atoms with E-state index in [9.17, 15) is 17.6 Å². The van der Waals surface area contributed by atoms with Crippen LogP contribution in [0.1, 0.15) is 0 Å². The van der Waals surface area contributed by atoms with Crippen LogP contribution < -0.4 is 4.90 Å². The van der Waals surface area contributed by atoms with Crippen molar-refractivity contribution in [2.75, 3.05) is 63.8 Å². The number of nitrogens with one attached hydrogen (secondary N) is 1. The number of H-pyrrole nitrogens is 1. The predicted octanol–water partition coefficient (Wildman–Crippen LogP) is 1.36. The summed E-state index contributed by atoms with van der Waals surface area (Å²) in [6.07, 6.45) is 3.11. The number of rotatable bonds is 5. The zero-order chi connectivity index (χ0) is 23.7. The summed E-state index contributed by atoms with van der Waals surface area (Å²) in [5.41, 5.74) is 1.11. The number of carbonyl (C=O) groups is 1. The summed E-state index contributed by atoms with van der Waals surface area (Å²) < 4.78 is 41.8. The van der Waals surface area contributed by atoms with Gasteiger partial charge >= 0.3 is 0 Å². The van der Waals surface area contributed by atoms with Gasteiger partial charge in [0.25, 0.3) is 0 Å². The number of pyridine rings is 1. The molecular weight excluding hydrogens is 459 g/mol. The van der Waals surface area contributed by atoms with Crippen LogP contribution in [0.3, 0.4) is 0 Å². The zero-order valence-corrected chi connectivity index (χ0v) is 19.5. The van der Waals surface area contributed by atoms with Crippen molar-refractivity contribution in [1.29, 1.82) is 0 Å². The molecule has 3 aromatic rings. The average Bonchev–Trinajstić information content (AvgIpc) is 3.30. The number of hydrogen-bond donors (Lipinski definition) is 1. The fourth-order valence-electron chi connectivity index (χ4n) is 4.61. The smallest absolute Gasteiger partial charge is 0.245 e. The Morgan fingerprint density at radius 1 is 0.971 bits per heavy atom. The summed E-state index contributed by atoms with van der Waals surface area (Å²) in [5, 5.41) is 0.578. The molecule has 0 aliphatic carbocycles. The van der Waals surface area contributed by atoms with Gasteiger partial charge in [-0.05, 0) is 24.3 Å². The highest BCUT2D eigenvalue weighted by Gasteiger charge is 2.32. The molecule has 180 valence electrons. The minimum atomic E-state index is -3.65. The van der Waals surface area contributed by atoms with E-state index in [1.165, 1.54) is 16.6 Å². The van der Waals surface area contributed by atoms with Crippen LogP contribution in [0.4, 0.5) is 10.1 Å². The Hall–Kier alpha value is -3.02. The third kappa shape index (κ3) is 4.38. The minimum Gasteiger partial charge on any atom is -0.366 e. The van der Waals surface area contributed by atoms with Gasteiger partial charge in [0.05, 0.1) is 12.2 Å². The third-order valence-electron chi connectivity index (χ3n) is 6.55. The molecule has 2 aromatic heterocycles. The van der Waals surface area contributed by atoms with Gasteiger partial charge in [-0.1, -0.05) is 12.1 Å². The molecule has 1 aromatic carbocycles. The van der Waals surface area contributed by atoms with Gasteiger partial charge in [0.15, 0.2) is 0 Å². The lowest BCUT2D eigenvalue weighted by atomic mass is 10.2. The van der Waals surface area contributed by atoms with Gasteiger partial charge in [0.1, 0.15) is 16.4 Å². The molecule has 2 saturated heterocycles. The molecule has 0 spiro atoms. The quantitative estimate of drug-likeness (QED) is 0.586. The molecule has 1 amide bonds. The molecule has 4 heterocycles. The Kier molecular flexibility index (Phi) is 6.24. The summed E-state index contributed by atoms with van der Waals surface area (Å²) in [4.78, 5) is 25.9. The highest BCUT2D eigenvalue weighted by molar-refractivity contribution is 7.89. The molecule has 9 nitrogen and oxygen atoms in total. The molecule has 2 aliphatic heterocycles. The van der Waals surface area contributed by atoms with Crippen molar-refractivity contribution in [2.24, 2.45) is 0 Å². The Balaban J connectivity index is 1.14. The number of benzene rings is 1. The van der Waals surface area contributed by atoms with Crippen molar-refractivity contribution in [3.63, 3.8) is 0 Å². The normalized spacial score (nSPS) is 18.5. The SMILES string of the molecule is O=C(CN1CCN(S(=O)(=O)c2c[nH]c3ncccc23)CC1)N1CCN(c2ccccc2F)CC1. The number of aromatic nitrogens is 2. The van der Waals surface area contributed by atoms with E-state index < -0.39 is 10.0 Å². The molecule has 0 radical (unpaired) electrons. The van der Waals surface area contributed by atoms with Crippen LogP contribution in [0.5, 0.6) is 0 Å². The summed E-state index contributed by atoms with van der Waals surface area (Å²) in [6, 6.07) is 10.1. The summed E-state index contributed by atoms with van der Waals surface area (Å²) in [7, 11) is -3.65. The van der Waals surface area contributed by atoms with Crippen LogP contribution in [0, 0.1) is 5.82 Å². The molecule has 0 atom stereocenters. The number of sulfonamides is 1. The molecular formula is C23H27FN6O3S. The summed E-state index contributed by atoms with van der Waals surface area (Å²) in [6.45, 7) is 4.11. The van der Waals surface area contributed by atoms with Gasteiger partial charge < -0.3 is 14.8 Å². The Bertz CT molecular complexity index is 1280. The minimum absolute atomic E-state index is 0.0205. The third-order valence-corrected chi connectivity index (χ3v) is 8.49. The molecule has 1 N–H and O–H groups in total. The summed E-state index contributed by atoms with van der Waals surface area (Å²) in [5.74, 6) is -0.230. The van der Waals surface area contributed by atoms with Crippen molar-refractivity contribution in [1.82, 2.24) is 24.1 Å². The first-order valence-corrected chi connectivity index (χ1v) is 12.8. The number of carbonyl (C=O) groups excluding carboxylic acids is 1. The second-order valence-electron chi connectivity index (χ2n) is 8.55. The number of aromatic amines is 1. The molecule has 5 rings (SSSR count). The second kappa shape index (κ2) is 9.32. The van der Waals surface area contributed by atoms with Crippen LogP contribution in [-0.4, -0.2) is 97.3 Å². The highest BCUT2D eigenvalue weighted by atomic mass is 32.2. The zero-order valence-electron chi connectivity index (χ0n) is 18.7. The lowest BCUT2D eigenvalue weighted by molar-refractivity contribution is -0.133. The van der Waals surface area contributed by atoms with Crippen molar-refractivity contribution in [3.8, 4) is 0 Å². The van der Waals surface area contributed by atoms with E-state index in [1.54, 1.807) is 35.4 Å². The van der Waals surface area contributed by atoms with Crippen molar-refractivity contribution in [2.45, 2.75) is 4.90 Å². The van der Waals surface area contributed by atoms with E-state index in [2.05, 4.69) is 9.97 Å². The first kappa shape index (κ1) is 22.8. The Morgan fingerprint density at radius 3 is 2.44 bits per heavy atom. The lowest BCUT2D eigenvalue weighted by Gasteiger charge is -2.38. The lowest BCUT2D eigenvalue weighted by Crippen LogP contribution is -2.54. The van der Waals surface area contributed by atoms with E-state index in [0.717, 1.165) is 0 Å². The number of anilines is 1. The largest absolute Gasteiger partial charge is 0.366 e. The average molecular weight is 487 g/mol. The second-order valence-corrected chi connectivity index (χ2v) is 10.5. The number of amides is 1. The van der Waals surface area contributed by atoms with E-state index in [0.29, 0.717) is 69.1 Å². The first-order chi connectivity index (χ1) is 16.4. The molecule has 2 aliphatic rings. The topological polar surface area (TPSA) is 92.8 Å². The number of hydrogen-bond acceptors (Lipinski definition) is 6. The van der Waals surface area contributed by atoms with Gasteiger partial charge in [0, 0.05) is 70.1 Å². The van der Waals surface area contributed by atoms with Gasteiger partial charge in [0.2, 0.25) is 15.9 Å². The van der Waals surface area contributed by atoms with Gasteiger partial charge in [-0.15, -0.1) is 0 Å².